The maximum Gasteiger partial charge on any atom is 0.323 e. The number of methoxy groups -OCH3 is 1. The fourth-order valence-electron chi connectivity index (χ4n) is 1.83. The summed E-state index contributed by atoms with van der Waals surface area (Å²) in [6.07, 6.45) is 0. The highest BCUT2D eigenvalue weighted by atomic mass is 16.5. The first-order valence-corrected chi connectivity index (χ1v) is 6.78. The largest absolute Gasteiger partial charge is 0.497 e. The van der Waals surface area contributed by atoms with Crippen molar-refractivity contribution < 1.29 is 24.2 Å². The van der Waals surface area contributed by atoms with Crippen molar-refractivity contribution in [3.63, 3.8) is 0 Å². The first-order valence-electron chi connectivity index (χ1n) is 6.78. The third kappa shape index (κ3) is 5.08. The number of benzene rings is 1. The topological polar surface area (TPSA) is 95.9 Å². The van der Waals surface area contributed by atoms with Gasteiger partial charge >= 0.3 is 5.97 Å². The van der Waals surface area contributed by atoms with Gasteiger partial charge in [0, 0.05) is 11.6 Å². The molecule has 0 bridgehead atoms. The highest BCUT2D eigenvalue weighted by molar-refractivity contribution is 5.97. The quantitative estimate of drug-likeness (QED) is 0.775. The van der Waals surface area contributed by atoms with Gasteiger partial charge in [0.05, 0.1) is 13.7 Å². The Morgan fingerprint density at radius 1 is 1.32 bits per heavy atom. The van der Waals surface area contributed by atoms with Crippen molar-refractivity contribution in [1.82, 2.24) is 10.2 Å². The van der Waals surface area contributed by atoms with Gasteiger partial charge in [0.1, 0.15) is 12.3 Å². The molecule has 1 aromatic carbocycles. The predicted molar refractivity (Wildman–Crippen MR) is 79.8 cm³/mol. The molecule has 0 aliphatic rings. The van der Waals surface area contributed by atoms with E-state index in [1.165, 1.54) is 12.0 Å². The molecular formula is C15H20N2O5. The number of nitrogens with zero attached hydrogens (tertiary/aromatic N) is 1. The molecule has 1 aromatic rings. The average Bonchev–Trinajstić information content (AvgIpc) is 2.49. The predicted octanol–water partition coefficient (Wildman–Crippen LogP) is 0.747. The van der Waals surface area contributed by atoms with Gasteiger partial charge in [-0.15, -0.1) is 0 Å². The summed E-state index contributed by atoms with van der Waals surface area (Å²) in [5.41, 5.74) is 0.362. The highest BCUT2D eigenvalue weighted by Gasteiger charge is 2.20. The zero-order valence-corrected chi connectivity index (χ0v) is 12.8. The molecule has 7 nitrogen and oxygen atoms in total. The summed E-state index contributed by atoms with van der Waals surface area (Å²) in [7, 11) is 1.49. The molecule has 0 aliphatic heterocycles. The van der Waals surface area contributed by atoms with E-state index >= 15 is 0 Å². The van der Waals surface area contributed by atoms with Gasteiger partial charge in [-0.25, -0.2) is 0 Å². The summed E-state index contributed by atoms with van der Waals surface area (Å²) in [6.45, 7) is 2.77. The minimum Gasteiger partial charge on any atom is -0.497 e. The minimum absolute atomic E-state index is 0.262. The van der Waals surface area contributed by atoms with Crippen molar-refractivity contribution in [2.24, 2.45) is 0 Å². The van der Waals surface area contributed by atoms with Crippen molar-refractivity contribution in [2.75, 3.05) is 20.2 Å². The molecule has 0 heterocycles. The van der Waals surface area contributed by atoms with Gasteiger partial charge in [0.25, 0.3) is 5.91 Å². The fraction of sp³-hybridized carbons (Fsp3) is 0.400. The summed E-state index contributed by atoms with van der Waals surface area (Å²) < 4.78 is 5.02. The monoisotopic (exact) mass is 308 g/mol. The summed E-state index contributed by atoms with van der Waals surface area (Å²) in [4.78, 5) is 35.9. The van der Waals surface area contributed by atoms with Crippen LogP contribution in [-0.2, 0) is 9.59 Å². The van der Waals surface area contributed by atoms with Crippen molar-refractivity contribution in [3.05, 3.63) is 29.8 Å². The number of carboxylic acids is 1. The molecule has 0 spiro atoms. The molecule has 1 rings (SSSR count). The number of hydrogen-bond acceptors (Lipinski definition) is 4. The molecular weight excluding hydrogens is 288 g/mol. The zero-order valence-electron chi connectivity index (χ0n) is 12.8. The number of rotatable bonds is 7. The second-order valence-electron chi connectivity index (χ2n) is 4.92. The normalized spacial score (nSPS) is 10.2. The Bertz CT molecular complexity index is 557. The van der Waals surface area contributed by atoms with Crippen LogP contribution in [0.1, 0.15) is 24.2 Å². The third-order valence-corrected chi connectivity index (χ3v) is 2.98. The summed E-state index contributed by atoms with van der Waals surface area (Å²) >= 11 is 0. The standard InChI is InChI=1S/C15H20N2O5/c1-10(2)17(9-14(19)20)13(18)8-16-15(21)11-5-4-6-12(7-11)22-3/h4-7,10H,8-9H2,1-3H3,(H,16,21)(H,19,20). The number of carbonyl (C=O) groups is 3. The maximum atomic E-state index is 12.0. The molecule has 0 fully saturated rings. The smallest absolute Gasteiger partial charge is 0.323 e. The molecule has 0 atom stereocenters. The first kappa shape index (κ1) is 17.5. The van der Waals surface area contributed by atoms with E-state index in [-0.39, 0.29) is 12.6 Å². The van der Waals surface area contributed by atoms with Gasteiger partial charge in [0.15, 0.2) is 0 Å². The van der Waals surface area contributed by atoms with Crippen LogP contribution in [0.3, 0.4) is 0 Å². The van der Waals surface area contributed by atoms with Gasteiger partial charge in [-0.3, -0.25) is 14.4 Å². The second kappa shape index (κ2) is 8.02. The van der Waals surface area contributed by atoms with Crippen LogP contribution in [-0.4, -0.2) is 54.0 Å². The number of aliphatic carboxylic acids is 1. The van der Waals surface area contributed by atoms with E-state index < -0.39 is 24.3 Å². The Labute approximate surface area is 128 Å². The SMILES string of the molecule is COc1cccc(C(=O)NCC(=O)N(CC(=O)O)C(C)C)c1. The van der Waals surface area contributed by atoms with E-state index in [4.69, 9.17) is 9.84 Å². The molecule has 0 unspecified atom stereocenters. The van der Waals surface area contributed by atoms with Gasteiger partial charge < -0.3 is 20.1 Å². The zero-order chi connectivity index (χ0) is 16.7. The van der Waals surface area contributed by atoms with Crippen molar-refractivity contribution in [2.45, 2.75) is 19.9 Å². The van der Waals surface area contributed by atoms with E-state index in [9.17, 15) is 14.4 Å². The summed E-state index contributed by atoms with van der Waals surface area (Å²) in [5, 5.41) is 11.3. The molecule has 0 saturated heterocycles. The van der Waals surface area contributed by atoms with Crippen molar-refractivity contribution in [3.8, 4) is 5.75 Å². The van der Waals surface area contributed by atoms with Crippen LogP contribution in [0.25, 0.3) is 0 Å². The number of hydrogen-bond donors (Lipinski definition) is 2. The average molecular weight is 308 g/mol. The van der Waals surface area contributed by atoms with Crippen LogP contribution in [0, 0.1) is 0 Å². The van der Waals surface area contributed by atoms with Crippen LogP contribution in [0.4, 0.5) is 0 Å². The number of nitrogens with one attached hydrogen (secondary N) is 1. The summed E-state index contributed by atoms with van der Waals surface area (Å²) in [6, 6.07) is 6.25. The lowest BCUT2D eigenvalue weighted by molar-refractivity contribution is -0.145. The number of amides is 2. The Morgan fingerprint density at radius 2 is 2.00 bits per heavy atom. The lowest BCUT2D eigenvalue weighted by Crippen LogP contribution is -2.45. The first-order chi connectivity index (χ1) is 10.3. The number of carboxylic acid groups (broad SMARTS) is 1. The van der Waals surface area contributed by atoms with Crippen molar-refractivity contribution >= 4 is 17.8 Å². The summed E-state index contributed by atoms with van der Waals surface area (Å²) in [5.74, 6) is -1.44. The van der Waals surface area contributed by atoms with E-state index in [1.54, 1.807) is 38.1 Å². The Hall–Kier alpha value is -2.57. The van der Waals surface area contributed by atoms with Crippen LogP contribution < -0.4 is 10.1 Å². The highest BCUT2D eigenvalue weighted by Crippen LogP contribution is 2.12. The molecule has 0 aliphatic carbocycles. The van der Waals surface area contributed by atoms with Crippen LogP contribution in [0.5, 0.6) is 5.75 Å². The molecule has 0 saturated carbocycles. The second-order valence-corrected chi connectivity index (χ2v) is 4.92. The molecule has 22 heavy (non-hydrogen) atoms. The van der Waals surface area contributed by atoms with E-state index in [0.717, 1.165) is 0 Å². The molecule has 0 aromatic heterocycles. The Kier molecular flexibility index (Phi) is 6.37. The van der Waals surface area contributed by atoms with Gasteiger partial charge in [-0.2, -0.15) is 0 Å². The van der Waals surface area contributed by atoms with Crippen LogP contribution in [0.15, 0.2) is 24.3 Å². The lowest BCUT2D eigenvalue weighted by atomic mass is 10.2. The molecule has 120 valence electrons. The minimum atomic E-state index is -1.10. The van der Waals surface area contributed by atoms with E-state index in [1.807, 2.05) is 0 Å². The maximum absolute atomic E-state index is 12.0. The van der Waals surface area contributed by atoms with E-state index in [2.05, 4.69) is 5.32 Å². The van der Waals surface area contributed by atoms with Gasteiger partial charge in [-0.1, -0.05) is 6.07 Å². The number of ether oxygens (including phenoxy) is 1. The van der Waals surface area contributed by atoms with Crippen LogP contribution in [0.2, 0.25) is 0 Å². The van der Waals surface area contributed by atoms with E-state index in [0.29, 0.717) is 11.3 Å². The van der Waals surface area contributed by atoms with Gasteiger partial charge in [-0.05, 0) is 32.0 Å². The fourth-order valence-corrected chi connectivity index (χ4v) is 1.83. The molecule has 2 N–H and O–H groups in total. The molecule has 2 amide bonds. The lowest BCUT2D eigenvalue weighted by Gasteiger charge is -2.24. The third-order valence-electron chi connectivity index (χ3n) is 2.98. The van der Waals surface area contributed by atoms with Gasteiger partial charge in [0.2, 0.25) is 5.91 Å². The number of carbonyl (C=O) groups excluding carboxylic acids is 2. The Morgan fingerprint density at radius 3 is 2.55 bits per heavy atom. The Balaban J connectivity index is 2.65. The molecule has 7 heteroatoms. The molecule has 0 radical (unpaired) electrons. The van der Waals surface area contributed by atoms with Crippen molar-refractivity contribution in [1.29, 1.82) is 0 Å². The van der Waals surface area contributed by atoms with Crippen LogP contribution >= 0.6 is 0 Å².